The molecule has 0 spiro atoms. The van der Waals surface area contributed by atoms with Crippen LogP contribution in [0.4, 0.5) is 10.1 Å². The number of nitrogens with zero attached hydrogens (tertiary/aromatic N) is 5. The highest BCUT2D eigenvalue weighted by Crippen LogP contribution is 2.32. The van der Waals surface area contributed by atoms with E-state index in [4.69, 9.17) is 4.98 Å². The van der Waals surface area contributed by atoms with Gasteiger partial charge < -0.3 is 9.47 Å². The molecule has 2 aromatic rings. The third-order valence-corrected chi connectivity index (χ3v) is 4.75. The van der Waals surface area contributed by atoms with Crippen LogP contribution in [0.15, 0.2) is 6.20 Å². The minimum atomic E-state index is -0.395. The fourth-order valence-electron chi connectivity index (χ4n) is 2.72. The summed E-state index contributed by atoms with van der Waals surface area (Å²) in [6.07, 6.45) is 2.21. The van der Waals surface area contributed by atoms with Crippen molar-refractivity contribution in [2.45, 2.75) is 32.7 Å². The van der Waals surface area contributed by atoms with Crippen molar-refractivity contribution in [3.63, 3.8) is 0 Å². The molecular formula is C13H17N5O2S. The van der Waals surface area contributed by atoms with Crippen LogP contribution in [0.25, 0.3) is 0 Å². The van der Waals surface area contributed by atoms with E-state index in [0.29, 0.717) is 17.6 Å². The van der Waals surface area contributed by atoms with Gasteiger partial charge in [-0.05, 0) is 11.3 Å². The molecular weight excluding hydrogens is 290 g/mol. The number of imidazole rings is 1. The molecule has 0 aromatic carbocycles. The predicted molar refractivity (Wildman–Crippen MR) is 80.8 cm³/mol. The smallest absolute Gasteiger partial charge is 0.342 e. The Morgan fingerprint density at radius 3 is 2.86 bits per heavy atom. The first-order chi connectivity index (χ1) is 9.97. The molecule has 0 bridgehead atoms. The van der Waals surface area contributed by atoms with Gasteiger partial charge in [-0.15, -0.1) is 0 Å². The van der Waals surface area contributed by atoms with Crippen molar-refractivity contribution in [2.75, 3.05) is 11.4 Å². The van der Waals surface area contributed by atoms with Gasteiger partial charge in [0.1, 0.15) is 12.0 Å². The second-order valence-electron chi connectivity index (χ2n) is 5.49. The van der Waals surface area contributed by atoms with Gasteiger partial charge in [-0.3, -0.25) is 10.1 Å². The molecule has 3 rings (SSSR count). The molecule has 0 amide bonds. The number of aromatic nitrogens is 3. The average Bonchev–Trinajstić information content (AvgIpc) is 3.04. The van der Waals surface area contributed by atoms with Crippen LogP contribution >= 0.6 is 11.3 Å². The number of rotatable bonds is 3. The molecule has 112 valence electrons. The van der Waals surface area contributed by atoms with Crippen LogP contribution in [0, 0.1) is 10.1 Å². The summed E-state index contributed by atoms with van der Waals surface area (Å²) >= 11 is 1.12. The zero-order valence-electron chi connectivity index (χ0n) is 12.2. The number of fused-ring (bicyclic) bond motifs is 1. The number of anilines is 1. The van der Waals surface area contributed by atoms with Crippen molar-refractivity contribution < 1.29 is 4.92 Å². The Balaban J connectivity index is 1.87. The van der Waals surface area contributed by atoms with Crippen LogP contribution in [0.1, 0.15) is 37.0 Å². The minimum Gasteiger partial charge on any atom is -0.342 e. The molecule has 0 N–H and O–H groups in total. The predicted octanol–water partition coefficient (Wildman–Crippen LogP) is 2.47. The van der Waals surface area contributed by atoms with Gasteiger partial charge in [0.2, 0.25) is 0 Å². The Morgan fingerprint density at radius 2 is 2.24 bits per heavy atom. The third-order valence-electron chi connectivity index (χ3n) is 3.74. The van der Waals surface area contributed by atoms with Gasteiger partial charge in [0.25, 0.3) is 0 Å². The monoisotopic (exact) mass is 307 g/mol. The summed E-state index contributed by atoms with van der Waals surface area (Å²) in [4.78, 5) is 21.3. The molecule has 0 saturated heterocycles. The molecule has 0 atom stereocenters. The zero-order chi connectivity index (χ0) is 15.1. The minimum absolute atomic E-state index is 0.0830. The van der Waals surface area contributed by atoms with Crippen molar-refractivity contribution in [2.24, 2.45) is 7.05 Å². The van der Waals surface area contributed by atoms with Gasteiger partial charge in [-0.25, -0.2) is 9.97 Å². The molecule has 0 unspecified atom stereocenters. The highest BCUT2D eigenvalue weighted by atomic mass is 32.1. The van der Waals surface area contributed by atoms with E-state index < -0.39 is 4.92 Å². The van der Waals surface area contributed by atoms with Crippen molar-refractivity contribution >= 4 is 21.5 Å². The van der Waals surface area contributed by atoms with Gasteiger partial charge in [0, 0.05) is 31.6 Å². The second kappa shape index (κ2) is 5.10. The van der Waals surface area contributed by atoms with Crippen molar-refractivity contribution in [1.82, 2.24) is 14.5 Å². The molecule has 3 heterocycles. The van der Waals surface area contributed by atoms with E-state index in [-0.39, 0.29) is 5.00 Å². The number of thiazole rings is 1. The summed E-state index contributed by atoms with van der Waals surface area (Å²) in [6, 6.07) is 0. The Morgan fingerprint density at radius 1 is 1.48 bits per heavy atom. The lowest BCUT2D eigenvalue weighted by Crippen LogP contribution is -2.30. The van der Waals surface area contributed by atoms with Crippen LogP contribution in [-0.2, 0) is 20.0 Å². The fourth-order valence-corrected chi connectivity index (χ4v) is 3.47. The summed E-state index contributed by atoms with van der Waals surface area (Å²) < 4.78 is 2.18. The molecule has 0 aliphatic carbocycles. The quantitative estimate of drug-likeness (QED) is 0.643. The summed E-state index contributed by atoms with van der Waals surface area (Å²) in [6.45, 7) is 5.75. The van der Waals surface area contributed by atoms with Gasteiger partial charge in [0.15, 0.2) is 5.13 Å². The van der Waals surface area contributed by atoms with Crippen LogP contribution in [-0.4, -0.2) is 26.0 Å². The Bertz CT molecular complexity index is 691. The van der Waals surface area contributed by atoms with E-state index in [1.165, 1.54) is 11.9 Å². The van der Waals surface area contributed by atoms with Crippen molar-refractivity contribution in [1.29, 1.82) is 0 Å². The first-order valence-corrected chi connectivity index (χ1v) is 7.68. The topological polar surface area (TPSA) is 77.1 Å². The van der Waals surface area contributed by atoms with Crippen LogP contribution in [0.5, 0.6) is 0 Å². The molecule has 2 aromatic heterocycles. The normalized spacial score (nSPS) is 14.6. The second-order valence-corrected chi connectivity index (χ2v) is 6.47. The zero-order valence-corrected chi connectivity index (χ0v) is 13.1. The largest absolute Gasteiger partial charge is 0.345 e. The number of hydrogen-bond acceptors (Lipinski definition) is 6. The maximum atomic E-state index is 10.8. The highest BCUT2D eigenvalue weighted by Gasteiger charge is 2.26. The molecule has 1 aliphatic rings. The van der Waals surface area contributed by atoms with E-state index in [2.05, 4.69) is 35.3 Å². The Labute approximate surface area is 126 Å². The highest BCUT2D eigenvalue weighted by molar-refractivity contribution is 7.18. The van der Waals surface area contributed by atoms with Gasteiger partial charge in [-0.1, -0.05) is 13.8 Å². The van der Waals surface area contributed by atoms with E-state index in [0.717, 1.165) is 35.8 Å². The van der Waals surface area contributed by atoms with Gasteiger partial charge in [0.05, 0.1) is 17.2 Å². The van der Waals surface area contributed by atoms with Gasteiger partial charge >= 0.3 is 5.00 Å². The number of hydrogen-bond donors (Lipinski definition) is 0. The molecule has 0 radical (unpaired) electrons. The average molecular weight is 307 g/mol. The molecule has 0 saturated carbocycles. The lowest BCUT2D eigenvalue weighted by atomic mass is 10.1. The lowest BCUT2D eigenvalue weighted by Gasteiger charge is -2.25. The maximum absolute atomic E-state index is 10.8. The van der Waals surface area contributed by atoms with Gasteiger partial charge in [-0.2, -0.15) is 0 Å². The Kier molecular flexibility index (Phi) is 3.40. The molecule has 0 fully saturated rings. The lowest BCUT2D eigenvalue weighted by molar-refractivity contribution is -0.380. The fraction of sp³-hybridized carbons (Fsp3) is 0.538. The summed E-state index contributed by atoms with van der Waals surface area (Å²) in [7, 11) is 2.06. The molecule has 21 heavy (non-hydrogen) atoms. The first-order valence-electron chi connectivity index (χ1n) is 6.87. The maximum Gasteiger partial charge on any atom is 0.345 e. The van der Waals surface area contributed by atoms with E-state index in [9.17, 15) is 10.1 Å². The SMILES string of the molecule is CC(C)c1nc2c(n1C)CCN(c1ncc([N+](=O)[O-])s1)C2. The van der Waals surface area contributed by atoms with Crippen LogP contribution in [0.2, 0.25) is 0 Å². The van der Waals surface area contributed by atoms with Crippen LogP contribution < -0.4 is 4.90 Å². The standard InChI is InChI=1S/C13H17N5O2S/c1-8(2)12-15-9-7-17(5-4-10(9)16(12)3)13-14-6-11(21-13)18(19)20/h6,8H,4-5,7H2,1-3H3. The van der Waals surface area contributed by atoms with Crippen LogP contribution in [0.3, 0.4) is 0 Å². The summed E-state index contributed by atoms with van der Waals surface area (Å²) in [5.41, 5.74) is 2.33. The van der Waals surface area contributed by atoms with E-state index in [1.807, 2.05) is 0 Å². The molecule has 8 heteroatoms. The van der Waals surface area contributed by atoms with E-state index in [1.54, 1.807) is 0 Å². The Hall–Kier alpha value is -1.96. The molecule has 7 nitrogen and oxygen atoms in total. The first kappa shape index (κ1) is 14.0. The molecule has 1 aliphatic heterocycles. The van der Waals surface area contributed by atoms with Crippen molar-refractivity contribution in [3.05, 3.63) is 33.5 Å². The number of nitro groups is 1. The van der Waals surface area contributed by atoms with Crippen molar-refractivity contribution in [3.8, 4) is 0 Å². The summed E-state index contributed by atoms with van der Waals surface area (Å²) in [5, 5.41) is 11.5. The third kappa shape index (κ3) is 2.39. The summed E-state index contributed by atoms with van der Waals surface area (Å²) in [5.74, 6) is 1.47. The van der Waals surface area contributed by atoms with E-state index >= 15 is 0 Å².